The van der Waals surface area contributed by atoms with Crippen LogP contribution in [-0.4, -0.2) is 28.9 Å². The average Bonchev–Trinajstić information content (AvgIpc) is 2.50. The first-order valence-electron chi connectivity index (χ1n) is 9.89. The second kappa shape index (κ2) is 29.3. The van der Waals surface area contributed by atoms with Gasteiger partial charge < -0.3 is 22.2 Å². The molecule has 4 nitrogen and oxygen atoms in total. The Bertz CT molecular complexity index is 188. The van der Waals surface area contributed by atoms with Crippen LogP contribution in [0.4, 0.5) is 0 Å². The third-order valence-corrected chi connectivity index (χ3v) is 4.06. The van der Waals surface area contributed by atoms with Crippen LogP contribution >= 0.6 is 0 Å². The van der Waals surface area contributed by atoms with E-state index in [0.717, 1.165) is 6.54 Å². The van der Waals surface area contributed by atoms with Gasteiger partial charge >= 0.3 is 58.7 Å². The van der Waals surface area contributed by atoms with Crippen LogP contribution in [0, 0.1) is 0 Å². The number of rotatable bonds is 16. The predicted molar refractivity (Wildman–Crippen MR) is 102 cm³/mol. The van der Waals surface area contributed by atoms with Gasteiger partial charge in [-0.1, -0.05) is 103 Å². The molecule has 0 aromatic heterocycles. The molecule has 0 saturated carbocycles. The number of hydrogen-bond acceptors (Lipinski definition) is 4. The van der Waals surface area contributed by atoms with Gasteiger partial charge in [0.15, 0.2) is 0 Å². The molecule has 0 rings (SSSR count). The van der Waals surface area contributed by atoms with Gasteiger partial charge in [-0.2, -0.15) is 0 Å². The van der Waals surface area contributed by atoms with Crippen molar-refractivity contribution in [1.29, 1.82) is 0 Å². The SMILES string of the molecule is CCCCCCCCCCCCCCCCCCN.OB(O)O.[H-].[K+]. The van der Waals surface area contributed by atoms with Crippen LogP contribution < -0.4 is 57.1 Å². The van der Waals surface area contributed by atoms with E-state index in [2.05, 4.69) is 6.92 Å². The molecular formula is C18H43BKNO3. The quantitative estimate of drug-likeness (QED) is 0.243. The molecule has 24 heavy (non-hydrogen) atoms. The summed E-state index contributed by atoms with van der Waals surface area (Å²) in [5.41, 5.74) is 5.48. The van der Waals surface area contributed by atoms with E-state index in [1.807, 2.05) is 0 Å². The van der Waals surface area contributed by atoms with Gasteiger partial charge in [0.1, 0.15) is 0 Å². The summed E-state index contributed by atoms with van der Waals surface area (Å²) in [6.07, 6.45) is 22.9. The molecule has 0 spiro atoms. The Morgan fingerprint density at radius 3 is 1.00 bits per heavy atom. The fourth-order valence-corrected chi connectivity index (χ4v) is 2.69. The monoisotopic (exact) mass is 371 g/mol. The molecule has 0 aliphatic rings. The molecule has 0 aromatic carbocycles. The first kappa shape index (κ1) is 30.3. The van der Waals surface area contributed by atoms with Crippen molar-refractivity contribution in [3.05, 3.63) is 0 Å². The van der Waals surface area contributed by atoms with Gasteiger partial charge in [0, 0.05) is 0 Å². The second-order valence-corrected chi connectivity index (χ2v) is 6.44. The Morgan fingerprint density at radius 1 is 0.583 bits per heavy atom. The third kappa shape index (κ3) is 38.9. The van der Waals surface area contributed by atoms with Crippen LogP contribution in [0.1, 0.15) is 111 Å². The Labute approximate surface area is 195 Å². The van der Waals surface area contributed by atoms with E-state index in [-0.39, 0.29) is 52.8 Å². The fraction of sp³-hybridized carbons (Fsp3) is 1.00. The van der Waals surface area contributed by atoms with Crippen LogP contribution in [0.15, 0.2) is 0 Å². The fourth-order valence-electron chi connectivity index (χ4n) is 2.69. The van der Waals surface area contributed by atoms with Gasteiger partial charge in [-0.25, -0.2) is 0 Å². The summed E-state index contributed by atoms with van der Waals surface area (Å²) in [5, 5.41) is 21.5. The normalized spacial score (nSPS) is 9.88. The maximum absolute atomic E-state index is 7.17. The van der Waals surface area contributed by atoms with E-state index in [4.69, 9.17) is 20.8 Å². The molecule has 0 saturated heterocycles. The van der Waals surface area contributed by atoms with E-state index < -0.39 is 7.32 Å². The zero-order valence-corrected chi connectivity index (χ0v) is 19.6. The van der Waals surface area contributed by atoms with Crippen molar-refractivity contribution in [3.8, 4) is 0 Å². The molecule has 0 aliphatic carbocycles. The summed E-state index contributed by atoms with van der Waals surface area (Å²) in [6, 6.07) is 0. The molecule has 0 fully saturated rings. The van der Waals surface area contributed by atoms with Crippen LogP contribution in [-0.2, 0) is 0 Å². The minimum absolute atomic E-state index is 0. The molecular weight excluding hydrogens is 328 g/mol. The summed E-state index contributed by atoms with van der Waals surface area (Å²) < 4.78 is 0. The number of unbranched alkanes of at least 4 members (excludes halogenated alkanes) is 15. The first-order valence-corrected chi connectivity index (χ1v) is 9.89. The van der Waals surface area contributed by atoms with Gasteiger partial charge in [-0.05, 0) is 13.0 Å². The molecule has 0 atom stereocenters. The predicted octanol–water partition coefficient (Wildman–Crippen LogP) is 1.27. The largest absolute Gasteiger partial charge is 1.00 e. The van der Waals surface area contributed by atoms with Gasteiger partial charge in [0.2, 0.25) is 0 Å². The molecule has 0 heterocycles. The van der Waals surface area contributed by atoms with E-state index >= 15 is 0 Å². The standard InChI is InChI=1S/C18H39N.BH3O3.K.H/c1-2-3-4-5-6-7-8-9-10-11-12-13-14-15-16-17-18-19;2-1(3)4;;/h2-19H2,1H3;2-4H;;/q;;+1;-1. The van der Waals surface area contributed by atoms with Crippen molar-refractivity contribution in [2.75, 3.05) is 6.54 Å². The molecule has 5 N–H and O–H groups in total. The van der Waals surface area contributed by atoms with Crippen LogP contribution in [0.3, 0.4) is 0 Å². The van der Waals surface area contributed by atoms with Gasteiger partial charge in [0.25, 0.3) is 0 Å². The summed E-state index contributed by atoms with van der Waals surface area (Å²) in [5.74, 6) is 0. The summed E-state index contributed by atoms with van der Waals surface area (Å²) in [6.45, 7) is 3.16. The molecule has 0 radical (unpaired) electrons. The van der Waals surface area contributed by atoms with E-state index in [1.54, 1.807) is 0 Å². The molecule has 0 bridgehead atoms. The molecule has 0 unspecified atom stereocenters. The Hall–Kier alpha value is 1.54. The van der Waals surface area contributed by atoms with Gasteiger partial charge in [-0.3, -0.25) is 0 Å². The third-order valence-electron chi connectivity index (χ3n) is 4.06. The Balaban J connectivity index is -0.000000330. The van der Waals surface area contributed by atoms with Crippen molar-refractivity contribution in [1.82, 2.24) is 0 Å². The Morgan fingerprint density at radius 2 is 0.792 bits per heavy atom. The molecule has 0 aliphatic heterocycles. The summed E-state index contributed by atoms with van der Waals surface area (Å²) >= 11 is 0. The van der Waals surface area contributed by atoms with Crippen LogP contribution in [0.5, 0.6) is 0 Å². The zero-order valence-electron chi connectivity index (χ0n) is 17.5. The summed E-state index contributed by atoms with van der Waals surface area (Å²) in [4.78, 5) is 0. The van der Waals surface area contributed by atoms with Crippen LogP contribution in [0.2, 0.25) is 0 Å². The van der Waals surface area contributed by atoms with Crippen molar-refractivity contribution < 1.29 is 67.9 Å². The second-order valence-electron chi connectivity index (χ2n) is 6.44. The van der Waals surface area contributed by atoms with Crippen molar-refractivity contribution in [2.45, 2.75) is 110 Å². The smallest absolute Gasteiger partial charge is 1.00 e. The number of hydrogen-bond donors (Lipinski definition) is 4. The van der Waals surface area contributed by atoms with E-state index in [1.165, 1.54) is 103 Å². The van der Waals surface area contributed by atoms with E-state index in [0.29, 0.717) is 0 Å². The minimum atomic E-state index is -2.17. The molecule has 0 aromatic rings. The van der Waals surface area contributed by atoms with Gasteiger partial charge in [-0.15, -0.1) is 0 Å². The van der Waals surface area contributed by atoms with E-state index in [9.17, 15) is 0 Å². The topological polar surface area (TPSA) is 86.7 Å². The van der Waals surface area contributed by atoms with Crippen molar-refractivity contribution >= 4 is 7.32 Å². The zero-order chi connectivity index (χ0) is 17.6. The van der Waals surface area contributed by atoms with Crippen molar-refractivity contribution in [2.24, 2.45) is 5.73 Å². The molecule has 0 amide bonds. The molecule has 142 valence electrons. The number of nitrogens with two attached hydrogens (primary N) is 1. The maximum Gasteiger partial charge on any atom is 1.00 e. The molecule has 6 heteroatoms. The van der Waals surface area contributed by atoms with Gasteiger partial charge in [0.05, 0.1) is 0 Å². The first-order chi connectivity index (χ1) is 11.1. The minimum Gasteiger partial charge on any atom is -1.00 e. The average molecular weight is 371 g/mol. The Kier molecular flexibility index (Phi) is 37.0. The summed E-state index contributed by atoms with van der Waals surface area (Å²) in [7, 11) is -2.17. The maximum atomic E-state index is 7.17. The van der Waals surface area contributed by atoms with Crippen molar-refractivity contribution in [3.63, 3.8) is 0 Å². The van der Waals surface area contributed by atoms with Crippen LogP contribution in [0.25, 0.3) is 0 Å².